The molecule has 0 fully saturated rings. The first-order valence-electron chi connectivity index (χ1n) is 6.55. The van der Waals surface area contributed by atoms with Crippen molar-refractivity contribution >= 4 is 11.8 Å². The molecule has 0 saturated heterocycles. The summed E-state index contributed by atoms with van der Waals surface area (Å²) in [5.74, 6) is -0.504. The fourth-order valence-corrected chi connectivity index (χ4v) is 1.78. The third kappa shape index (κ3) is 5.66. The highest BCUT2D eigenvalue weighted by atomic mass is 16.4. The second-order valence-electron chi connectivity index (χ2n) is 5.02. The third-order valence-corrected chi connectivity index (χ3v) is 2.79. The van der Waals surface area contributed by atoms with Crippen molar-refractivity contribution in [3.05, 3.63) is 35.9 Å². The number of aliphatic carboxylic acids is 1. The van der Waals surface area contributed by atoms with E-state index in [0.717, 1.165) is 0 Å². The third-order valence-electron chi connectivity index (χ3n) is 2.79. The minimum Gasteiger partial charge on any atom is -0.481 e. The average molecular weight is 263 g/mol. The van der Waals surface area contributed by atoms with Gasteiger partial charge in [-0.05, 0) is 18.9 Å². The first-order chi connectivity index (χ1) is 9.00. The van der Waals surface area contributed by atoms with Gasteiger partial charge in [0, 0.05) is 12.0 Å². The number of carboxylic acids is 1. The molecule has 1 rings (SSSR count). The quantitative estimate of drug-likeness (QED) is 0.706. The highest BCUT2D eigenvalue weighted by Gasteiger charge is 2.20. The SMILES string of the molecule is CC(C)CNC(CCC(=O)O)C(=O)c1ccccc1. The normalized spacial score (nSPS) is 12.4. The predicted octanol–water partition coefficient (Wildman–Crippen LogP) is 2.35. The van der Waals surface area contributed by atoms with Crippen molar-refractivity contribution < 1.29 is 14.7 Å². The lowest BCUT2D eigenvalue weighted by atomic mass is 9.99. The summed E-state index contributed by atoms with van der Waals surface area (Å²) in [6.07, 6.45) is 0.310. The molecule has 104 valence electrons. The highest BCUT2D eigenvalue weighted by Crippen LogP contribution is 2.09. The fraction of sp³-hybridized carbons (Fsp3) is 0.467. The van der Waals surface area contributed by atoms with Gasteiger partial charge in [-0.15, -0.1) is 0 Å². The Hall–Kier alpha value is -1.68. The monoisotopic (exact) mass is 263 g/mol. The lowest BCUT2D eigenvalue weighted by Crippen LogP contribution is -2.39. The van der Waals surface area contributed by atoms with E-state index in [1.54, 1.807) is 12.1 Å². The van der Waals surface area contributed by atoms with E-state index in [1.165, 1.54) is 0 Å². The molecule has 0 aromatic heterocycles. The standard InChI is InChI=1S/C15H21NO3/c1-11(2)10-16-13(8-9-14(17)18)15(19)12-6-4-3-5-7-12/h3-7,11,13,16H,8-10H2,1-2H3,(H,17,18). The van der Waals surface area contributed by atoms with Gasteiger partial charge in [0.2, 0.25) is 0 Å². The van der Waals surface area contributed by atoms with Gasteiger partial charge in [-0.1, -0.05) is 44.2 Å². The van der Waals surface area contributed by atoms with Gasteiger partial charge < -0.3 is 10.4 Å². The zero-order valence-corrected chi connectivity index (χ0v) is 11.4. The molecule has 4 heteroatoms. The summed E-state index contributed by atoms with van der Waals surface area (Å²) in [6.45, 7) is 4.80. The molecule has 0 saturated carbocycles. The zero-order valence-electron chi connectivity index (χ0n) is 11.4. The number of carboxylic acid groups (broad SMARTS) is 1. The summed E-state index contributed by atoms with van der Waals surface area (Å²) < 4.78 is 0. The van der Waals surface area contributed by atoms with Gasteiger partial charge in [-0.2, -0.15) is 0 Å². The minimum absolute atomic E-state index is 0.00562. The summed E-state index contributed by atoms with van der Waals surface area (Å²) in [7, 11) is 0. The van der Waals surface area contributed by atoms with Crippen LogP contribution >= 0.6 is 0 Å². The van der Waals surface area contributed by atoms with Gasteiger partial charge in [-0.3, -0.25) is 9.59 Å². The Morgan fingerprint density at radius 2 is 1.84 bits per heavy atom. The molecule has 0 spiro atoms. The molecule has 0 bridgehead atoms. The maximum absolute atomic E-state index is 12.3. The van der Waals surface area contributed by atoms with Crippen LogP contribution in [-0.4, -0.2) is 29.4 Å². The Morgan fingerprint density at radius 1 is 1.21 bits per heavy atom. The summed E-state index contributed by atoms with van der Waals surface area (Å²) in [5.41, 5.74) is 0.620. The van der Waals surface area contributed by atoms with Crippen LogP contribution in [0.5, 0.6) is 0 Å². The van der Waals surface area contributed by atoms with Crippen LogP contribution in [0.4, 0.5) is 0 Å². The number of Topliss-reactive ketones (excluding diaryl/α,β-unsaturated/α-hetero) is 1. The molecular formula is C15H21NO3. The number of rotatable bonds is 8. The van der Waals surface area contributed by atoms with E-state index in [1.807, 2.05) is 32.0 Å². The Morgan fingerprint density at radius 3 is 2.37 bits per heavy atom. The van der Waals surface area contributed by atoms with Crippen molar-refractivity contribution in [2.75, 3.05) is 6.54 Å². The van der Waals surface area contributed by atoms with E-state index in [9.17, 15) is 9.59 Å². The van der Waals surface area contributed by atoms with Crippen LogP contribution in [0.2, 0.25) is 0 Å². The molecule has 0 aliphatic rings. The number of carbonyl (C=O) groups is 2. The number of carbonyl (C=O) groups excluding carboxylic acids is 1. The van der Waals surface area contributed by atoms with Crippen LogP contribution in [-0.2, 0) is 4.79 Å². The number of hydrogen-bond donors (Lipinski definition) is 2. The highest BCUT2D eigenvalue weighted by molar-refractivity contribution is 6.00. The van der Waals surface area contributed by atoms with E-state index in [0.29, 0.717) is 24.4 Å². The first-order valence-corrected chi connectivity index (χ1v) is 6.55. The summed E-state index contributed by atoms with van der Waals surface area (Å²) in [4.78, 5) is 23.0. The summed E-state index contributed by atoms with van der Waals surface area (Å²) in [5, 5.41) is 11.9. The van der Waals surface area contributed by atoms with Gasteiger partial charge in [-0.25, -0.2) is 0 Å². The smallest absolute Gasteiger partial charge is 0.303 e. The molecule has 0 aliphatic heterocycles. The second kappa shape index (κ2) is 7.69. The van der Waals surface area contributed by atoms with E-state index < -0.39 is 12.0 Å². The Balaban J connectivity index is 2.71. The summed E-state index contributed by atoms with van der Waals surface area (Å²) in [6, 6.07) is 8.56. The maximum atomic E-state index is 12.3. The lowest BCUT2D eigenvalue weighted by Gasteiger charge is -2.18. The van der Waals surface area contributed by atoms with Crippen molar-refractivity contribution in [1.29, 1.82) is 0 Å². The molecule has 1 atom stereocenters. The van der Waals surface area contributed by atoms with Crippen LogP contribution < -0.4 is 5.32 Å². The minimum atomic E-state index is -0.878. The topological polar surface area (TPSA) is 66.4 Å². The lowest BCUT2D eigenvalue weighted by molar-refractivity contribution is -0.137. The second-order valence-corrected chi connectivity index (χ2v) is 5.02. The molecular weight excluding hydrogens is 242 g/mol. The fourth-order valence-electron chi connectivity index (χ4n) is 1.78. The number of hydrogen-bond acceptors (Lipinski definition) is 3. The predicted molar refractivity (Wildman–Crippen MR) is 74.3 cm³/mol. The van der Waals surface area contributed by atoms with Crippen molar-refractivity contribution in [2.45, 2.75) is 32.7 Å². The largest absolute Gasteiger partial charge is 0.481 e. The molecule has 0 amide bonds. The van der Waals surface area contributed by atoms with Crippen molar-refractivity contribution in [2.24, 2.45) is 5.92 Å². The van der Waals surface area contributed by atoms with Crippen LogP contribution in [0, 0.1) is 5.92 Å². The van der Waals surface area contributed by atoms with Crippen LogP contribution in [0.1, 0.15) is 37.0 Å². The number of nitrogens with one attached hydrogen (secondary N) is 1. The van der Waals surface area contributed by atoms with Gasteiger partial charge in [0.1, 0.15) is 0 Å². The molecule has 1 aromatic carbocycles. The Kier molecular flexibility index (Phi) is 6.22. The molecule has 19 heavy (non-hydrogen) atoms. The number of benzene rings is 1. The van der Waals surface area contributed by atoms with E-state index in [2.05, 4.69) is 5.32 Å². The molecule has 1 aromatic rings. The van der Waals surface area contributed by atoms with E-state index in [4.69, 9.17) is 5.11 Å². The van der Waals surface area contributed by atoms with Gasteiger partial charge >= 0.3 is 5.97 Å². The number of ketones is 1. The zero-order chi connectivity index (χ0) is 14.3. The molecule has 0 aliphatic carbocycles. The van der Waals surface area contributed by atoms with Crippen molar-refractivity contribution in [1.82, 2.24) is 5.32 Å². The molecule has 0 heterocycles. The average Bonchev–Trinajstić information content (AvgIpc) is 2.38. The molecule has 0 radical (unpaired) electrons. The first kappa shape index (κ1) is 15.4. The molecule has 4 nitrogen and oxygen atoms in total. The maximum Gasteiger partial charge on any atom is 0.303 e. The van der Waals surface area contributed by atoms with Crippen LogP contribution in [0.15, 0.2) is 30.3 Å². The Bertz CT molecular complexity index is 415. The van der Waals surface area contributed by atoms with Gasteiger partial charge in [0.15, 0.2) is 5.78 Å². The van der Waals surface area contributed by atoms with Gasteiger partial charge in [0.25, 0.3) is 0 Å². The van der Waals surface area contributed by atoms with E-state index >= 15 is 0 Å². The Labute approximate surface area is 113 Å². The van der Waals surface area contributed by atoms with Crippen molar-refractivity contribution in [3.8, 4) is 0 Å². The van der Waals surface area contributed by atoms with Crippen molar-refractivity contribution in [3.63, 3.8) is 0 Å². The van der Waals surface area contributed by atoms with Gasteiger partial charge in [0.05, 0.1) is 6.04 Å². The molecule has 2 N–H and O–H groups in total. The van der Waals surface area contributed by atoms with E-state index in [-0.39, 0.29) is 12.2 Å². The summed E-state index contributed by atoms with van der Waals surface area (Å²) >= 11 is 0. The molecule has 1 unspecified atom stereocenters. The van der Waals surface area contributed by atoms with Crippen LogP contribution in [0.3, 0.4) is 0 Å². The van der Waals surface area contributed by atoms with Crippen LogP contribution in [0.25, 0.3) is 0 Å².